The third-order valence-electron chi connectivity index (χ3n) is 3.56. The summed E-state index contributed by atoms with van der Waals surface area (Å²) in [5.41, 5.74) is -2.39. The SMILES string of the molecule is CC([O-])(c1ccccc1)C(C)([O-])c1ccccc1. The molecule has 2 aromatic rings. The van der Waals surface area contributed by atoms with Gasteiger partial charge in [0.25, 0.3) is 0 Å². The number of benzene rings is 2. The van der Waals surface area contributed by atoms with E-state index in [0.29, 0.717) is 11.1 Å². The van der Waals surface area contributed by atoms with Crippen LogP contribution in [0.3, 0.4) is 0 Å². The second-order valence-electron chi connectivity index (χ2n) is 4.80. The Balaban J connectivity index is 2.47. The summed E-state index contributed by atoms with van der Waals surface area (Å²) in [5.74, 6) is 0. The summed E-state index contributed by atoms with van der Waals surface area (Å²) in [7, 11) is 0. The minimum atomic E-state index is -1.71. The van der Waals surface area contributed by atoms with Crippen molar-refractivity contribution in [2.45, 2.75) is 25.0 Å². The number of hydrogen-bond donors (Lipinski definition) is 0. The standard InChI is InChI=1S/C16H16O2/c1-15(17,13-9-5-3-6-10-13)16(2,18)14-11-7-4-8-12-14/h3-12H,1-2H3/q-2. The average Bonchev–Trinajstić information content (AvgIpc) is 2.40. The van der Waals surface area contributed by atoms with Crippen LogP contribution in [0.4, 0.5) is 0 Å². The van der Waals surface area contributed by atoms with Crippen molar-refractivity contribution in [3.05, 3.63) is 71.8 Å². The van der Waals surface area contributed by atoms with Gasteiger partial charge in [0.15, 0.2) is 0 Å². The van der Waals surface area contributed by atoms with Gasteiger partial charge in [-0.1, -0.05) is 96.8 Å². The monoisotopic (exact) mass is 240 g/mol. The molecule has 0 aliphatic heterocycles. The van der Waals surface area contributed by atoms with Crippen LogP contribution in [0.15, 0.2) is 60.7 Å². The number of rotatable bonds is 3. The molecule has 0 spiro atoms. The topological polar surface area (TPSA) is 46.1 Å². The lowest BCUT2D eigenvalue weighted by molar-refractivity contribution is -0.620. The Bertz CT molecular complexity index is 452. The summed E-state index contributed by atoms with van der Waals surface area (Å²) in [6.07, 6.45) is 0. The Hall–Kier alpha value is -1.64. The first-order valence-corrected chi connectivity index (χ1v) is 5.98. The summed E-state index contributed by atoms with van der Waals surface area (Å²) in [5, 5.41) is 25.6. The summed E-state index contributed by atoms with van der Waals surface area (Å²) in [6.45, 7) is 2.92. The molecular weight excluding hydrogens is 224 g/mol. The van der Waals surface area contributed by atoms with Crippen molar-refractivity contribution in [2.75, 3.05) is 0 Å². The largest absolute Gasteiger partial charge is 0.847 e. The molecule has 2 aromatic carbocycles. The van der Waals surface area contributed by atoms with E-state index in [1.54, 1.807) is 48.5 Å². The molecule has 0 N–H and O–H groups in total. The van der Waals surface area contributed by atoms with E-state index in [4.69, 9.17) is 0 Å². The van der Waals surface area contributed by atoms with Gasteiger partial charge in [-0.25, -0.2) is 0 Å². The molecule has 0 aliphatic rings. The molecule has 2 unspecified atom stereocenters. The van der Waals surface area contributed by atoms with Crippen LogP contribution in [0, 0.1) is 0 Å². The van der Waals surface area contributed by atoms with E-state index in [0.717, 1.165) is 0 Å². The Morgan fingerprint density at radius 3 is 1.17 bits per heavy atom. The highest BCUT2D eigenvalue weighted by Gasteiger charge is 2.27. The Kier molecular flexibility index (Phi) is 3.24. The zero-order valence-corrected chi connectivity index (χ0v) is 10.6. The summed E-state index contributed by atoms with van der Waals surface area (Å²) >= 11 is 0. The summed E-state index contributed by atoms with van der Waals surface area (Å²) in [6, 6.07) is 17.7. The maximum atomic E-state index is 12.8. The highest BCUT2D eigenvalue weighted by molar-refractivity contribution is 5.31. The molecular formula is C16H16O2-2. The molecule has 0 bridgehead atoms. The van der Waals surface area contributed by atoms with E-state index in [1.807, 2.05) is 12.1 Å². The summed E-state index contributed by atoms with van der Waals surface area (Å²) in [4.78, 5) is 0. The molecule has 0 radical (unpaired) electrons. The van der Waals surface area contributed by atoms with Gasteiger partial charge in [-0.3, -0.25) is 0 Å². The van der Waals surface area contributed by atoms with Gasteiger partial charge < -0.3 is 10.2 Å². The van der Waals surface area contributed by atoms with Crippen molar-refractivity contribution >= 4 is 0 Å². The van der Waals surface area contributed by atoms with Crippen molar-refractivity contribution in [3.8, 4) is 0 Å². The van der Waals surface area contributed by atoms with Crippen molar-refractivity contribution < 1.29 is 10.2 Å². The van der Waals surface area contributed by atoms with Crippen LogP contribution >= 0.6 is 0 Å². The predicted octanol–water partition coefficient (Wildman–Crippen LogP) is 1.54. The molecule has 0 amide bonds. The van der Waals surface area contributed by atoms with Gasteiger partial charge in [0.05, 0.1) is 0 Å². The van der Waals surface area contributed by atoms with Crippen LogP contribution in [0.2, 0.25) is 0 Å². The van der Waals surface area contributed by atoms with E-state index >= 15 is 0 Å². The van der Waals surface area contributed by atoms with Gasteiger partial charge in [-0.05, 0) is 0 Å². The van der Waals surface area contributed by atoms with E-state index in [9.17, 15) is 10.2 Å². The molecule has 2 nitrogen and oxygen atoms in total. The highest BCUT2D eigenvalue weighted by atomic mass is 16.4. The maximum Gasteiger partial charge on any atom is -0.0592 e. The second kappa shape index (κ2) is 4.56. The molecule has 94 valence electrons. The zero-order chi connectivity index (χ0) is 13.2. The molecule has 0 fully saturated rings. The number of hydrogen-bond acceptors (Lipinski definition) is 2. The smallest absolute Gasteiger partial charge is 0.0592 e. The van der Waals surface area contributed by atoms with E-state index in [1.165, 1.54) is 13.8 Å². The van der Waals surface area contributed by atoms with Gasteiger partial charge in [0, 0.05) is 0 Å². The Labute approximate surface area is 108 Å². The van der Waals surface area contributed by atoms with Gasteiger partial charge in [-0.2, -0.15) is 0 Å². The first-order chi connectivity index (χ1) is 8.46. The molecule has 0 saturated carbocycles. The Morgan fingerprint density at radius 1 is 0.611 bits per heavy atom. The average molecular weight is 240 g/mol. The fourth-order valence-electron chi connectivity index (χ4n) is 2.06. The minimum Gasteiger partial charge on any atom is -0.847 e. The van der Waals surface area contributed by atoms with Crippen LogP contribution in [0.1, 0.15) is 25.0 Å². The maximum absolute atomic E-state index is 12.8. The van der Waals surface area contributed by atoms with Crippen molar-refractivity contribution in [3.63, 3.8) is 0 Å². The first-order valence-electron chi connectivity index (χ1n) is 5.98. The van der Waals surface area contributed by atoms with Gasteiger partial charge in [0.1, 0.15) is 0 Å². The second-order valence-corrected chi connectivity index (χ2v) is 4.80. The fourth-order valence-corrected chi connectivity index (χ4v) is 2.06. The van der Waals surface area contributed by atoms with Crippen LogP contribution < -0.4 is 10.2 Å². The lowest BCUT2D eigenvalue weighted by atomic mass is 9.76. The van der Waals surface area contributed by atoms with E-state index in [-0.39, 0.29) is 0 Å². The third-order valence-corrected chi connectivity index (χ3v) is 3.56. The van der Waals surface area contributed by atoms with E-state index < -0.39 is 11.2 Å². The van der Waals surface area contributed by atoms with Crippen LogP contribution in [-0.4, -0.2) is 0 Å². The highest BCUT2D eigenvalue weighted by Crippen LogP contribution is 2.35. The lowest BCUT2D eigenvalue weighted by Crippen LogP contribution is -2.61. The Morgan fingerprint density at radius 2 is 0.889 bits per heavy atom. The zero-order valence-electron chi connectivity index (χ0n) is 10.6. The van der Waals surface area contributed by atoms with Crippen molar-refractivity contribution in [1.82, 2.24) is 0 Å². The normalized spacial score (nSPS) is 17.8. The van der Waals surface area contributed by atoms with Gasteiger partial charge >= 0.3 is 0 Å². The molecule has 0 aliphatic carbocycles. The minimum absolute atomic E-state index is 0.520. The van der Waals surface area contributed by atoms with Gasteiger partial charge in [-0.15, -0.1) is 0 Å². The molecule has 0 heterocycles. The van der Waals surface area contributed by atoms with Crippen molar-refractivity contribution in [1.29, 1.82) is 0 Å². The molecule has 2 atom stereocenters. The fraction of sp³-hybridized carbons (Fsp3) is 0.250. The molecule has 0 saturated heterocycles. The molecule has 2 heteroatoms. The van der Waals surface area contributed by atoms with Crippen LogP contribution in [0.5, 0.6) is 0 Å². The van der Waals surface area contributed by atoms with Crippen LogP contribution in [0.25, 0.3) is 0 Å². The first kappa shape index (κ1) is 12.8. The van der Waals surface area contributed by atoms with Gasteiger partial charge in [0.2, 0.25) is 0 Å². The lowest BCUT2D eigenvalue weighted by Gasteiger charge is -2.59. The van der Waals surface area contributed by atoms with Crippen molar-refractivity contribution in [2.24, 2.45) is 0 Å². The quantitative estimate of drug-likeness (QED) is 0.817. The third kappa shape index (κ3) is 2.05. The molecule has 2 rings (SSSR count). The van der Waals surface area contributed by atoms with E-state index in [2.05, 4.69) is 0 Å². The molecule has 18 heavy (non-hydrogen) atoms. The molecule has 0 aromatic heterocycles. The van der Waals surface area contributed by atoms with Crippen LogP contribution in [-0.2, 0) is 11.2 Å². The summed E-state index contributed by atoms with van der Waals surface area (Å²) < 4.78 is 0. The predicted molar refractivity (Wildman–Crippen MR) is 67.6 cm³/mol.